The van der Waals surface area contributed by atoms with Gasteiger partial charge in [0, 0.05) is 11.8 Å². The van der Waals surface area contributed by atoms with Gasteiger partial charge in [0.15, 0.2) is 0 Å². The van der Waals surface area contributed by atoms with E-state index in [0.717, 1.165) is 17.1 Å². The van der Waals surface area contributed by atoms with Crippen LogP contribution in [0.25, 0.3) is 0 Å². The van der Waals surface area contributed by atoms with Crippen LogP contribution in [-0.4, -0.2) is 35.7 Å². The Bertz CT molecular complexity index is 445. The Morgan fingerprint density at radius 2 is 2.39 bits per heavy atom. The van der Waals surface area contributed by atoms with E-state index in [1.807, 2.05) is 6.26 Å². The predicted octanol–water partition coefficient (Wildman–Crippen LogP) is 1.96. The third-order valence-electron chi connectivity index (χ3n) is 2.32. The van der Waals surface area contributed by atoms with Crippen LogP contribution in [0, 0.1) is 11.8 Å². The fourth-order valence-electron chi connectivity index (χ4n) is 1.37. The molecule has 0 aliphatic heterocycles. The van der Waals surface area contributed by atoms with Crippen molar-refractivity contribution in [3.63, 3.8) is 0 Å². The van der Waals surface area contributed by atoms with Gasteiger partial charge >= 0.3 is 0 Å². The van der Waals surface area contributed by atoms with E-state index in [2.05, 4.69) is 24.1 Å². The molecule has 1 aromatic heterocycles. The first-order valence-corrected chi connectivity index (χ1v) is 7.91. The van der Waals surface area contributed by atoms with Crippen molar-refractivity contribution in [2.24, 2.45) is 0 Å². The highest BCUT2D eigenvalue weighted by Gasteiger charge is 2.13. The standard InChI is InChI=1S/C13H17NO2S2/c1-3-10(9-17-2)14-13(16)12-7-6-11(18-12)5-4-8-15/h6-7,10,15H,3,8-9H2,1-2H3,(H,14,16). The van der Waals surface area contributed by atoms with Gasteiger partial charge in [0.2, 0.25) is 0 Å². The molecule has 0 spiro atoms. The Kier molecular flexibility index (Phi) is 6.88. The second kappa shape index (κ2) is 8.20. The van der Waals surface area contributed by atoms with E-state index < -0.39 is 0 Å². The lowest BCUT2D eigenvalue weighted by Gasteiger charge is -2.14. The number of carbonyl (C=O) groups excluding carboxylic acids is 1. The molecule has 1 aromatic rings. The number of aliphatic hydroxyl groups excluding tert-OH is 1. The number of carbonyl (C=O) groups is 1. The molecule has 1 rings (SSSR count). The van der Waals surface area contributed by atoms with E-state index in [0.29, 0.717) is 4.88 Å². The SMILES string of the molecule is CCC(CSC)NC(=O)c1ccc(C#CCO)s1. The normalized spacial score (nSPS) is 11.5. The fourth-order valence-corrected chi connectivity index (χ4v) is 2.88. The smallest absolute Gasteiger partial charge is 0.261 e. The van der Waals surface area contributed by atoms with Gasteiger partial charge in [-0.25, -0.2) is 0 Å². The molecule has 18 heavy (non-hydrogen) atoms. The molecule has 0 saturated heterocycles. The molecule has 0 saturated carbocycles. The molecule has 5 heteroatoms. The maximum Gasteiger partial charge on any atom is 0.261 e. The first-order valence-electron chi connectivity index (χ1n) is 5.70. The van der Waals surface area contributed by atoms with Crippen molar-refractivity contribution in [2.45, 2.75) is 19.4 Å². The largest absolute Gasteiger partial charge is 0.384 e. The summed E-state index contributed by atoms with van der Waals surface area (Å²) in [5.41, 5.74) is 0. The summed E-state index contributed by atoms with van der Waals surface area (Å²) >= 11 is 3.07. The molecule has 98 valence electrons. The van der Waals surface area contributed by atoms with Crippen LogP contribution in [0.5, 0.6) is 0 Å². The number of thiophene rings is 1. The first-order chi connectivity index (χ1) is 8.71. The quantitative estimate of drug-likeness (QED) is 0.812. The zero-order valence-corrected chi connectivity index (χ0v) is 12.2. The number of thioether (sulfide) groups is 1. The van der Waals surface area contributed by atoms with E-state index >= 15 is 0 Å². The van der Waals surface area contributed by atoms with Gasteiger partial charge < -0.3 is 10.4 Å². The van der Waals surface area contributed by atoms with Crippen LogP contribution in [0.1, 0.15) is 27.9 Å². The van der Waals surface area contributed by atoms with Crippen LogP contribution in [0.3, 0.4) is 0 Å². The van der Waals surface area contributed by atoms with Gasteiger partial charge in [0.25, 0.3) is 5.91 Å². The molecule has 3 nitrogen and oxygen atoms in total. The Morgan fingerprint density at radius 1 is 1.61 bits per heavy atom. The molecule has 0 fully saturated rings. The predicted molar refractivity (Wildman–Crippen MR) is 78.2 cm³/mol. The van der Waals surface area contributed by atoms with Crippen LogP contribution in [0.2, 0.25) is 0 Å². The monoisotopic (exact) mass is 283 g/mol. The van der Waals surface area contributed by atoms with Crippen LogP contribution in [0.4, 0.5) is 0 Å². The molecule has 1 atom stereocenters. The van der Waals surface area contributed by atoms with Crippen molar-refractivity contribution in [3.05, 3.63) is 21.9 Å². The van der Waals surface area contributed by atoms with Gasteiger partial charge in [-0.2, -0.15) is 11.8 Å². The summed E-state index contributed by atoms with van der Waals surface area (Å²) < 4.78 is 0. The molecule has 0 aliphatic rings. The molecule has 0 aromatic carbocycles. The second-order valence-electron chi connectivity index (χ2n) is 3.66. The summed E-state index contributed by atoms with van der Waals surface area (Å²) in [6, 6.07) is 3.78. The lowest BCUT2D eigenvalue weighted by Crippen LogP contribution is -2.35. The minimum atomic E-state index is -0.162. The second-order valence-corrected chi connectivity index (χ2v) is 5.65. The number of hydrogen-bond donors (Lipinski definition) is 2. The van der Waals surface area contributed by atoms with Gasteiger partial charge in [0.05, 0.1) is 9.75 Å². The van der Waals surface area contributed by atoms with Gasteiger partial charge in [-0.15, -0.1) is 11.3 Å². The molecule has 1 amide bonds. The number of aliphatic hydroxyl groups is 1. The minimum Gasteiger partial charge on any atom is -0.384 e. The summed E-state index contributed by atoms with van der Waals surface area (Å²) in [5.74, 6) is 6.24. The fraction of sp³-hybridized carbons (Fsp3) is 0.462. The van der Waals surface area contributed by atoms with E-state index in [-0.39, 0.29) is 18.6 Å². The summed E-state index contributed by atoms with van der Waals surface area (Å²) in [6.07, 6.45) is 2.96. The summed E-state index contributed by atoms with van der Waals surface area (Å²) in [5, 5.41) is 11.6. The van der Waals surface area contributed by atoms with E-state index in [9.17, 15) is 4.79 Å². The molecular weight excluding hydrogens is 266 g/mol. The zero-order chi connectivity index (χ0) is 13.4. The lowest BCUT2D eigenvalue weighted by atomic mass is 10.2. The van der Waals surface area contributed by atoms with E-state index in [1.165, 1.54) is 11.3 Å². The average Bonchev–Trinajstić information content (AvgIpc) is 2.84. The summed E-state index contributed by atoms with van der Waals surface area (Å²) in [6.45, 7) is 1.90. The Morgan fingerprint density at radius 3 is 3.00 bits per heavy atom. The Balaban J connectivity index is 2.63. The topological polar surface area (TPSA) is 49.3 Å². The maximum atomic E-state index is 12.0. The maximum absolute atomic E-state index is 12.0. The zero-order valence-electron chi connectivity index (χ0n) is 10.5. The number of hydrogen-bond acceptors (Lipinski definition) is 4. The van der Waals surface area contributed by atoms with Crippen LogP contribution in [0.15, 0.2) is 12.1 Å². The van der Waals surface area contributed by atoms with Crippen molar-refractivity contribution in [3.8, 4) is 11.8 Å². The number of nitrogens with one attached hydrogen (secondary N) is 1. The molecule has 0 bridgehead atoms. The highest BCUT2D eigenvalue weighted by Crippen LogP contribution is 2.15. The van der Waals surface area contributed by atoms with E-state index in [4.69, 9.17) is 5.11 Å². The van der Waals surface area contributed by atoms with Crippen molar-refractivity contribution >= 4 is 29.0 Å². The van der Waals surface area contributed by atoms with Gasteiger partial charge in [-0.1, -0.05) is 18.8 Å². The lowest BCUT2D eigenvalue weighted by molar-refractivity contribution is 0.0944. The van der Waals surface area contributed by atoms with Crippen molar-refractivity contribution < 1.29 is 9.90 Å². The average molecular weight is 283 g/mol. The van der Waals surface area contributed by atoms with Crippen LogP contribution in [-0.2, 0) is 0 Å². The number of rotatable bonds is 5. The molecule has 0 aliphatic carbocycles. The molecular formula is C13H17NO2S2. The molecule has 2 N–H and O–H groups in total. The van der Waals surface area contributed by atoms with Crippen LogP contribution >= 0.6 is 23.1 Å². The van der Waals surface area contributed by atoms with Gasteiger partial charge in [0.1, 0.15) is 6.61 Å². The Hall–Kier alpha value is -0.960. The molecule has 0 radical (unpaired) electrons. The van der Waals surface area contributed by atoms with Gasteiger partial charge in [-0.3, -0.25) is 4.79 Å². The first kappa shape index (κ1) is 15.1. The van der Waals surface area contributed by atoms with Crippen LogP contribution < -0.4 is 5.32 Å². The van der Waals surface area contributed by atoms with Crippen molar-refractivity contribution in [1.82, 2.24) is 5.32 Å². The van der Waals surface area contributed by atoms with Crippen molar-refractivity contribution in [1.29, 1.82) is 0 Å². The number of amides is 1. The third-order valence-corrected chi connectivity index (χ3v) is 4.05. The molecule has 1 heterocycles. The minimum absolute atomic E-state index is 0.0436. The summed E-state index contributed by atoms with van der Waals surface area (Å²) in [4.78, 5) is 13.4. The third kappa shape index (κ3) is 4.73. The highest BCUT2D eigenvalue weighted by atomic mass is 32.2. The van der Waals surface area contributed by atoms with Crippen molar-refractivity contribution in [2.75, 3.05) is 18.6 Å². The van der Waals surface area contributed by atoms with E-state index in [1.54, 1.807) is 23.9 Å². The molecule has 1 unspecified atom stereocenters. The summed E-state index contributed by atoms with van der Waals surface area (Å²) in [7, 11) is 0. The highest BCUT2D eigenvalue weighted by molar-refractivity contribution is 7.98. The Labute approximate surface area is 116 Å². The van der Waals surface area contributed by atoms with Gasteiger partial charge in [-0.05, 0) is 24.8 Å².